The summed E-state index contributed by atoms with van der Waals surface area (Å²) in [6, 6.07) is 9.54. The molecule has 0 N–H and O–H groups in total. The summed E-state index contributed by atoms with van der Waals surface area (Å²) < 4.78 is 7.48. The van der Waals surface area contributed by atoms with Crippen LogP contribution in [0.2, 0.25) is 0 Å². The first-order valence-corrected chi connectivity index (χ1v) is 25.5. The SMILES string of the molecule is Bc1c(B)c(B)c(-c2cccc(-c3c4c(B)c(B)c(B)c(B)c4c(-c4c(B)c(B)c5c(oc6c(B)c(B)c(B)c(-c7c(B)c(B)c(B)c(B)c7B)c65)c4B)c4c(B)c(B)c(B)c(B)c34)c2)c(B)c1B. The van der Waals surface area contributed by atoms with Crippen LogP contribution in [0.3, 0.4) is 0 Å². The van der Waals surface area contributed by atoms with Gasteiger partial charge in [-0.25, -0.2) is 0 Å². The summed E-state index contributed by atoms with van der Waals surface area (Å²) in [5, 5.41) is 7.99. The molecule has 0 fully saturated rings. The molecule has 1 heterocycles. The lowest BCUT2D eigenvalue weighted by Crippen LogP contribution is -2.56. The van der Waals surface area contributed by atoms with Gasteiger partial charge in [-0.1, -0.05) is 89.2 Å². The second-order valence-corrected chi connectivity index (χ2v) is 21.8. The van der Waals surface area contributed by atoms with E-state index in [2.05, 4.69) is 213 Å². The Kier molecular flexibility index (Phi) is 12.3. The zero-order valence-electron chi connectivity index (χ0n) is 46.7. The molecule has 0 bridgehead atoms. The molecule has 0 saturated carbocycles. The fraction of sp³-hybridized carbons (Fsp3) is 0. The Morgan fingerprint density at radius 1 is 0.203 bits per heavy atom. The predicted octanol–water partition coefficient (Wildman–Crippen LogP) is -29.2. The number of hydrogen-bond acceptors (Lipinski definition) is 1. The van der Waals surface area contributed by atoms with E-state index in [0.717, 1.165) is 11.2 Å². The molecule has 1 nitrogen and oxygen atoms in total. The van der Waals surface area contributed by atoms with Gasteiger partial charge in [0.1, 0.15) is 199 Å². The summed E-state index contributed by atoms with van der Waals surface area (Å²) in [6.07, 6.45) is 0. The van der Waals surface area contributed by atoms with Crippen LogP contribution in [-0.4, -0.2) is 188 Å². The van der Waals surface area contributed by atoms with E-state index in [4.69, 9.17) is 4.42 Å². The number of rotatable bonds is 4. The van der Waals surface area contributed by atoms with Gasteiger partial charge in [-0.3, -0.25) is 0 Å². The predicted molar refractivity (Wildman–Crippen MR) is 387 cm³/mol. The highest BCUT2D eigenvalue weighted by molar-refractivity contribution is 6.75. The lowest BCUT2D eigenvalue weighted by molar-refractivity contribution is 0.675. The van der Waals surface area contributed by atoms with Gasteiger partial charge in [0.2, 0.25) is 0 Å². The molecule has 9 aromatic rings. The van der Waals surface area contributed by atoms with Crippen molar-refractivity contribution in [2.45, 2.75) is 0 Å². The molecule has 0 saturated heterocycles. The average Bonchev–Trinajstić information content (AvgIpc) is 3.74. The van der Waals surface area contributed by atoms with Crippen LogP contribution in [0.4, 0.5) is 0 Å². The van der Waals surface area contributed by atoms with Crippen molar-refractivity contribution in [1.29, 1.82) is 0 Å². The van der Waals surface area contributed by atoms with E-state index >= 15 is 0 Å². The Morgan fingerprint density at radius 2 is 0.478 bits per heavy atom. The van der Waals surface area contributed by atoms with Crippen molar-refractivity contribution in [3.05, 3.63) is 24.3 Å². The van der Waals surface area contributed by atoms with Crippen molar-refractivity contribution in [3.63, 3.8) is 0 Å². The van der Waals surface area contributed by atoms with E-state index in [1.54, 1.807) is 0 Å². The maximum absolute atomic E-state index is 7.48. The van der Waals surface area contributed by atoms with E-state index in [-0.39, 0.29) is 0 Å². The molecular formula is C44H52B24O. The summed E-state index contributed by atoms with van der Waals surface area (Å²) in [4.78, 5) is 0. The molecule has 306 valence electrons. The largest absolute Gasteiger partial charge is 0.457 e. The van der Waals surface area contributed by atoms with Gasteiger partial charge in [0.15, 0.2) is 0 Å². The van der Waals surface area contributed by atoms with Crippen LogP contribution in [0, 0.1) is 0 Å². The standard InChI is InChI=1S/C44H52B24O/c45-19-8(20(46)32(58)40(66)31(19)57)6-3-1-2-5(4-6)7-10-12(23(49)35(61)33(59)21(10)47)9(13-11(7)22(48)34(60)36(62)24(13)50)16-26(52)29(55)18-15-14(17-27(53)37(63)41(67)38(64)28(17)54)25(51)39(65)42(68)43(15)69-44(18)30(16)56/h1-4H,45-68H2. The maximum Gasteiger partial charge on any atom is 0.145 e. The molecule has 69 heavy (non-hydrogen) atoms. The van der Waals surface area contributed by atoms with Gasteiger partial charge in [-0.05, 0) is 77.6 Å². The molecule has 8 aromatic carbocycles. The van der Waals surface area contributed by atoms with Crippen molar-refractivity contribution >= 4 is 363 Å². The minimum absolute atomic E-state index is 1.01. The molecule has 0 atom stereocenters. The van der Waals surface area contributed by atoms with Crippen LogP contribution in [0.25, 0.3) is 88.0 Å². The first kappa shape index (κ1) is 49.6. The first-order chi connectivity index (χ1) is 32.3. The lowest BCUT2D eigenvalue weighted by Gasteiger charge is -2.30. The topological polar surface area (TPSA) is 13.1 Å². The van der Waals surface area contributed by atoms with E-state index in [1.165, 1.54) is 208 Å². The second-order valence-electron chi connectivity index (χ2n) is 21.8. The van der Waals surface area contributed by atoms with E-state index < -0.39 is 0 Å². The van der Waals surface area contributed by atoms with Gasteiger partial charge in [-0.15, -0.1) is 54.6 Å². The zero-order chi connectivity index (χ0) is 50.6. The molecule has 1 aromatic heterocycles. The Bertz CT molecular complexity index is 3750. The fourth-order valence-electron chi connectivity index (χ4n) is 13.1. The van der Waals surface area contributed by atoms with Crippen LogP contribution in [0.1, 0.15) is 0 Å². The molecular weight excluding hydrogens is 804 g/mol. The summed E-state index contributed by atoms with van der Waals surface area (Å²) in [5.74, 6) is 0. The van der Waals surface area contributed by atoms with Crippen LogP contribution in [0.5, 0.6) is 0 Å². The highest BCUT2D eigenvalue weighted by Crippen LogP contribution is 2.41. The van der Waals surface area contributed by atoms with Gasteiger partial charge in [0, 0.05) is 10.8 Å². The number of fused-ring (bicyclic) bond motifs is 5. The van der Waals surface area contributed by atoms with Crippen molar-refractivity contribution in [2.24, 2.45) is 0 Å². The normalized spacial score (nSPS) is 11.7. The quantitative estimate of drug-likeness (QED) is 0.127. The third kappa shape index (κ3) is 6.72. The molecule has 0 aliphatic carbocycles. The molecule has 25 heteroatoms. The van der Waals surface area contributed by atoms with Crippen molar-refractivity contribution in [2.75, 3.05) is 0 Å². The molecule has 0 aliphatic rings. The Morgan fingerprint density at radius 3 is 0.913 bits per heavy atom. The van der Waals surface area contributed by atoms with E-state index in [9.17, 15) is 0 Å². The lowest BCUT2D eigenvalue weighted by atomic mass is 9.57. The first-order valence-electron chi connectivity index (χ1n) is 25.5. The van der Waals surface area contributed by atoms with Crippen LogP contribution >= 0.6 is 0 Å². The minimum atomic E-state index is 1.01. The maximum atomic E-state index is 7.48. The van der Waals surface area contributed by atoms with Gasteiger partial charge >= 0.3 is 0 Å². The van der Waals surface area contributed by atoms with Crippen molar-refractivity contribution in [3.8, 4) is 44.5 Å². The molecule has 0 unspecified atom stereocenters. The van der Waals surface area contributed by atoms with E-state index in [1.807, 2.05) is 0 Å². The van der Waals surface area contributed by atoms with Crippen molar-refractivity contribution < 1.29 is 4.42 Å². The number of furan rings is 1. The number of hydrogen-bond donors (Lipinski definition) is 0. The Hall–Kier alpha value is -4.36. The van der Waals surface area contributed by atoms with Crippen LogP contribution in [0.15, 0.2) is 28.7 Å². The summed E-state index contributed by atoms with van der Waals surface area (Å²) in [7, 11) is 56.0. The summed E-state index contributed by atoms with van der Waals surface area (Å²) >= 11 is 0. The monoisotopic (exact) mass is 861 g/mol. The van der Waals surface area contributed by atoms with Gasteiger partial charge in [-0.2, -0.15) is 0 Å². The Labute approximate surface area is 433 Å². The molecule has 0 aliphatic heterocycles. The summed E-state index contributed by atoms with van der Waals surface area (Å²) in [5.41, 5.74) is 45.1. The third-order valence-corrected chi connectivity index (χ3v) is 19.3. The van der Waals surface area contributed by atoms with Gasteiger partial charge in [0.05, 0.1) is 0 Å². The Balaban J connectivity index is 1.52. The van der Waals surface area contributed by atoms with Gasteiger partial charge < -0.3 is 4.42 Å². The smallest absolute Gasteiger partial charge is 0.145 e. The second kappa shape index (κ2) is 17.2. The average molecular weight is 856 g/mol. The van der Waals surface area contributed by atoms with Gasteiger partial charge in [0.25, 0.3) is 0 Å². The summed E-state index contributed by atoms with van der Waals surface area (Å²) in [6.45, 7) is 0. The molecule has 0 amide bonds. The van der Waals surface area contributed by atoms with Crippen molar-refractivity contribution in [1.82, 2.24) is 0 Å². The zero-order valence-corrected chi connectivity index (χ0v) is 46.7. The van der Waals surface area contributed by atoms with Crippen LogP contribution < -0.4 is 131 Å². The fourth-order valence-corrected chi connectivity index (χ4v) is 13.1. The van der Waals surface area contributed by atoms with E-state index in [0.29, 0.717) is 0 Å². The highest BCUT2D eigenvalue weighted by Gasteiger charge is 2.31. The van der Waals surface area contributed by atoms with Crippen LogP contribution in [-0.2, 0) is 0 Å². The molecule has 9 rings (SSSR count). The highest BCUT2D eigenvalue weighted by atomic mass is 16.3. The third-order valence-electron chi connectivity index (χ3n) is 19.3. The molecule has 0 spiro atoms. The minimum Gasteiger partial charge on any atom is -0.457 e. The molecule has 0 radical (unpaired) electrons. The number of benzene rings is 8.